The maximum absolute atomic E-state index is 12.3. The molecule has 1 N–H and O–H groups in total. The minimum absolute atomic E-state index is 0.225. The summed E-state index contributed by atoms with van der Waals surface area (Å²) in [6, 6.07) is 9.02. The second-order valence-electron chi connectivity index (χ2n) is 5.17. The number of aromatic nitrogens is 4. The number of ether oxygens (including phenoxy) is 1. The van der Waals surface area contributed by atoms with Crippen molar-refractivity contribution in [1.29, 1.82) is 0 Å². The molecule has 7 nitrogen and oxygen atoms in total. The summed E-state index contributed by atoms with van der Waals surface area (Å²) in [6.07, 6.45) is 0. The molecule has 3 aromatic rings. The first-order valence-corrected chi connectivity index (χ1v) is 7.19. The van der Waals surface area contributed by atoms with Crippen LogP contribution in [0.5, 0.6) is 5.75 Å². The molecule has 118 valence electrons. The lowest BCUT2D eigenvalue weighted by molar-refractivity contribution is 0.0946. The molecule has 2 aromatic heterocycles. The van der Waals surface area contributed by atoms with Gasteiger partial charge in [-0.3, -0.25) is 9.20 Å². The van der Waals surface area contributed by atoms with E-state index in [2.05, 4.69) is 20.5 Å². The Morgan fingerprint density at radius 2 is 2.04 bits per heavy atom. The zero-order valence-electron chi connectivity index (χ0n) is 13.2. The Balaban J connectivity index is 1.82. The number of carbonyl (C=O) groups excluding carboxylic acids is 1. The van der Waals surface area contributed by atoms with Gasteiger partial charge in [-0.25, -0.2) is 4.98 Å². The number of hydrogen-bond donors (Lipinski definition) is 1. The summed E-state index contributed by atoms with van der Waals surface area (Å²) < 4.78 is 7.03. The van der Waals surface area contributed by atoms with E-state index in [0.717, 1.165) is 11.4 Å². The molecule has 7 heteroatoms. The van der Waals surface area contributed by atoms with E-state index in [-0.39, 0.29) is 12.5 Å². The molecule has 0 atom stereocenters. The van der Waals surface area contributed by atoms with Crippen LogP contribution in [0.2, 0.25) is 0 Å². The minimum atomic E-state index is -0.225. The summed E-state index contributed by atoms with van der Waals surface area (Å²) in [4.78, 5) is 16.7. The van der Waals surface area contributed by atoms with Gasteiger partial charge in [-0.15, -0.1) is 10.2 Å². The predicted octanol–water partition coefficient (Wildman–Crippen LogP) is 1.68. The highest BCUT2D eigenvalue weighted by Crippen LogP contribution is 2.17. The van der Waals surface area contributed by atoms with Crippen LogP contribution in [0.3, 0.4) is 0 Å². The molecule has 2 heterocycles. The third kappa shape index (κ3) is 2.85. The first kappa shape index (κ1) is 15.0. The number of rotatable bonds is 4. The number of nitrogens with one attached hydrogen (secondary N) is 1. The molecular weight excluding hydrogens is 294 g/mol. The van der Waals surface area contributed by atoms with E-state index < -0.39 is 0 Å². The second kappa shape index (κ2) is 6.04. The van der Waals surface area contributed by atoms with E-state index in [1.165, 1.54) is 7.11 Å². The number of fused-ring (bicyclic) bond motifs is 1. The number of carbonyl (C=O) groups is 1. The molecule has 1 amide bonds. The summed E-state index contributed by atoms with van der Waals surface area (Å²) in [5.41, 5.74) is 2.33. The zero-order chi connectivity index (χ0) is 16.4. The number of aryl methyl sites for hydroxylation is 2. The van der Waals surface area contributed by atoms with Crippen molar-refractivity contribution >= 4 is 11.7 Å². The standard InChI is InChI=1S/C16H17N5O2/c1-10-8-11(2)21-14(19-20-16(21)18-10)9-17-15(22)12-6-4-5-7-13(12)23-3/h4-8H,9H2,1-3H3,(H,17,22). The molecule has 23 heavy (non-hydrogen) atoms. The third-order valence-corrected chi connectivity index (χ3v) is 3.52. The number of amides is 1. The monoisotopic (exact) mass is 311 g/mol. The van der Waals surface area contributed by atoms with Gasteiger partial charge in [-0.1, -0.05) is 12.1 Å². The highest BCUT2D eigenvalue weighted by molar-refractivity contribution is 5.96. The molecule has 0 bridgehead atoms. The normalized spacial score (nSPS) is 10.7. The number of para-hydroxylation sites is 1. The van der Waals surface area contributed by atoms with Crippen LogP contribution in [0, 0.1) is 13.8 Å². The van der Waals surface area contributed by atoms with Crippen LogP contribution in [0.25, 0.3) is 5.78 Å². The van der Waals surface area contributed by atoms with Crippen molar-refractivity contribution in [3.05, 3.63) is 53.1 Å². The average molecular weight is 311 g/mol. The highest BCUT2D eigenvalue weighted by Gasteiger charge is 2.14. The van der Waals surface area contributed by atoms with E-state index in [1.807, 2.05) is 30.4 Å². The number of nitrogens with zero attached hydrogens (tertiary/aromatic N) is 4. The SMILES string of the molecule is COc1ccccc1C(=O)NCc1nnc2nc(C)cc(C)n12. The molecule has 0 radical (unpaired) electrons. The summed E-state index contributed by atoms with van der Waals surface area (Å²) in [5, 5.41) is 11.0. The Morgan fingerprint density at radius 1 is 1.26 bits per heavy atom. The van der Waals surface area contributed by atoms with E-state index in [1.54, 1.807) is 18.2 Å². The van der Waals surface area contributed by atoms with Crippen molar-refractivity contribution in [3.8, 4) is 5.75 Å². The lowest BCUT2D eigenvalue weighted by atomic mass is 10.2. The van der Waals surface area contributed by atoms with Gasteiger partial charge < -0.3 is 10.1 Å². The Morgan fingerprint density at radius 3 is 2.83 bits per heavy atom. The summed E-state index contributed by atoms with van der Waals surface area (Å²) in [6.45, 7) is 4.12. The van der Waals surface area contributed by atoms with Crippen molar-refractivity contribution in [1.82, 2.24) is 24.9 Å². The molecule has 0 fully saturated rings. The molecule has 0 saturated carbocycles. The summed E-state index contributed by atoms with van der Waals surface area (Å²) >= 11 is 0. The van der Waals surface area contributed by atoms with E-state index >= 15 is 0 Å². The van der Waals surface area contributed by atoms with Gasteiger partial charge in [0.15, 0.2) is 5.82 Å². The lowest BCUT2D eigenvalue weighted by Crippen LogP contribution is -2.24. The van der Waals surface area contributed by atoms with Crippen molar-refractivity contribution in [2.75, 3.05) is 7.11 Å². The molecule has 0 aliphatic carbocycles. The minimum Gasteiger partial charge on any atom is -0.496 e. The molecule has 0 aliphatic heterocycles. The maximum Gasteiger partial charge on any atom is 0.255 e. The Labute approximate surface area is 133 Å². The molecule has 0 spiro atoms. The number of methoxy groups -OCH3 is 1. The average Bonchev–Trinajstić information content (AvgIpc) is 2.95. The van der Waals surface area contributed by atoms with Gasteiger partial charge in [0.25, 0.3) is 11.7 Å². The quantitative estimate of drug-likeness (QED) is 0.793. The molecular formula is C16H17N5O2. The van der Waals surface area contributed by atoms with Crippen LogP contribution in [0.15, 0.2) is 30.3 Å². The fourth-order valence-electron chi connectivity index (χ4n) is 2.50. The van der Waals surface area contributed by atoms with Crippen LogP contribution in [0.1, 0.15) is 27.6 Å². The fraction of sp³-hybridized carbons (Fsp3) is 0.250. The maximum atomic E-state index is 12.3. The van der Waals surface area contributed by atoms with Crippen molar-refractivity contribution in [2.24, 2.45) is 0 Å². The van der Waals surface area contributed by atoms with Crippen molar-refractivity contribution in [3.63, 3.8) is 0 Å². The first-order chi connectivity index (χ1) is 11.1. The second-order valence-corrected chi connectivity index (χ2v) is 5.17. The molecule has 0 aliphatic rings. The van der Waals surface area contributed by atoms with Gasteiger partial charge in [0.1, 0.15) is 5.75 Å². The first-order valence-electron chi connectivity index (χ1n) is 7.19. The van der Waals surface area contributed by atoms with Gasteiger partial charge in [-0.05, 0) is 32.0 Å². The lowest BCUT2D eigenvalue weighted by Gasteiger charge is -2.09. The van der Waals surface area contributed by atoms with Crippen LogP contribution in [-0.2, 0) is 6.54 Å². The topological polar surface area (TPSA) is 81.4 Å². The summed E-state index contributed by atoms with van der Waals surface area (Å²) in [7, 11) is 1.54. The highest BCUT2D eigenvalue weighted by atomic mass is 16.5. The van der Waals surface area contributed by atoms with E-state index in [0.29, 0.717) is 22.9 Å². The van der Waals surface area contributed by atoms with Gasteiger partial charge in [0.05, 0.1) is 19.2 Å². The Bertz CT molecular complexity index is 872. The van der Waals surface area contributed by atoms with Crippen LogP contribution >= 0.6 is 0 Å². The summed E-state index contributed by atoms with van der Waals surface area (Å²) in [5.74, 6) is 1.47. The van der Waals surface area contributed by atoms with Crippen molar-refractivity contribution < 1.29 is 9.53 Å². The van der Waals surface area contributed by atoms with Gasteiger partial charge in [0.2, 0.25) is 0 Å². The Kier molecular flexibility index (Phi) is 3.92. The zero-order valence-corrected chi connectivity index (χ0v) is 13.2. The van der Waals surface area contributed by atoms with Crippen LogP contribution < -0.4 is 10.1 Å². The Hall–Kier alpha value is -2.96. The molecule has 3 rings (SSSR count). The van der Waals surface area contributed by atoms with Gasteiger partial charge >= 0.3 is 0 Å². The van der Waals surface area contributed by atoms with Crippen molar-refractivity contribution in [2.45, 2.75) is 20.4 Å². The number of benzene rings is 1. The smallest absolute Gasteiger partial charge is 0.255 e. The molecule has 0 saturated heterocycles. The fourth-order valence-corrected chi connectivity index (χ4v) is 2.50. The third-order valence-electron chi connectivity index (χ3n) is 3.52. The van der Waals surface area contributed by atoms with Crippen LogP contribution in [0.4, 0.5) is 0 Å². The molecule has 0 unspecified atom stereocenters. The van der Waals surface area contributed by atoms with E-state index in [9.17, 15) is 4.79 Å². The van der Waals surface area contributed by atoms with Gasteiger partial charge in [0, 0.05) is 11.4 Å². The number of hydrogen-bond acceptors (Lipinski definition) is 5. The largest absolute Gasteiger partial charge is 0.496 e. The predicted molar refractivity (Wildman–Crippen MR) is 84.4 cm³/mol. The molecule has 1 aromatic carbocycles. The van der Waals surface area contributed by atoms with Gasteiger partial charge in [-0.2, -0.15) is 0 Å². The van der Waals surface area contributed by atoms with E-state index in [4.69, 9.17) is 4.74 Å². The van der Waals surface area contributed by atoms with Crippen LogP contribution in [-0.4, -0.2) is 32.6 Å².